The number of dihydropyridines is 1. The van der Waals surface area contributed by atoms with Gasteiger partial charge in [0.15, 0.2) is 0 Å². The summed E-state index contributed by atoms with van der Waals surface area (Å²) in [5, 5.41) is 8.44. The minimum Gasteiger partial charge on any atom is -0.386 e. The molecule has 0 aliphatic carbocycles. The van der Waals surface area contributed by atoms with Gasteiger partial charge in [-0.3, -0.25) is 15.0 Å². The van der Waals surface area contributed by atoms with E-state index in [0.29, 0.717) is 0 Å². The molecule has 4 heterocycles. The van der Waals surface area contributed by atoms with Crippen LogP contribution < -0.4 is 5.32 Å². The first-order valence-electron chi connectivity index (χ1n) is 11.7. The molecule has 1 aliphatic heterocycles. The zero-order valence-electron chi connectivity index (χ0n) is 19.2. The fraction of sp³-hybridized carbons (Fsp3) is 0.0333. The van der Waals surface area contributed by atoms with Crippen molar-refractivity contribution in [2.45, 2.75) is 0 Å². The van der Waals surface area contributed by atoms with E-state index in [0.717, 1.165) is 33.0 Å². The number of aromatic nitrogens is 3. The lowest BCUT2D eigenvalue weighted by Crippen LogP contribution is -2.14. The highest BCUT2D eigenvalue weighted by Crippen LogP contribution is 2.43. The summed E-state index contributed by atoms with van der Waals surface area (Å²) >= 11 is 3.29. The number of nitrogens with one attached hydrogen (secondary N) is 1. The molecule has 36 heavy (non-hydrogen) atoms. The minimum atomic E-state index is 0.776. The van der Waals surface area contributed by atoms with Gasteiger partial charge in [0.2, 0.25) is 0 Å². The number of benzene rings is 3. The van der Waals surface area contributed by atoms with Gasteiger partial charge in [-0.1, -0.05) is 48.5 Å². The van der Waals surface area contributed by atoms with Crippen molar-refractivity contribution in [1.82, 2.24) is 20.3 Å². The summed E-state index contributed by atoms with van der Waals surface area (Å²) < 4.78 is 0. The lowest BCUT2D eigenvalue weighted by Gasteiger charge is -2.21. The van der Waals surface area contributed by atoms with Gasteiger partial charge in [-0.25, -0.2) is 0 Å². The van der Waals surface area contributed by atoms with E-state index < -0.39 is 0 Å². The third kappa shape index (κ3) is 3.54. The number of hydrogen-bond donors (Lipinski definition) is 1. The highest BCUT2D eigenvalue weighted by Gasteiger charge is 2.20. The molecular weight excluding hydrogens is 480 g/mol. The van der Waals surface area contributed by atoms with E-state index >= 15 is 0 Å². The first-order valence-corrected chi connectivity index (χ1v) is 13.4. The maximum absolute atomic E-state index is 4.63. The second kappa shape index (κ2) is 8.82. The molecule has 0 bridgehead atoms. The second-order valence-electron chi connectivity index (χ2n) is 8.68. The van der Waals surface area contributed by atoms with Crippen molar-refractivity contribution in [3.05, 3.63) is 113 Å². The number of allylic oxidation sites excluding steroid dienone is 2. The normalized spacial score (nSPS) is 13.4. The van der Waals surface area contributed by atoms with Gasteiger partial charge in [0.25, 0.3) is 0 Å². The highest BCUT2D eigenvalue weighted by molar-refractivity contribution is 7.13. The van der Waals surface area contributed by atoms with Crippen molar-refractivity contribution >= 4 is 55.4 Å². The average molecular weight is 501 g/mol. The van der Waals surface area contributed by atoms with Gasteiger partial charge in [0.05, 0.1) is 20.8 Å². The van der Waals surface area contributed by atoms with E-state index in [1.165, 1.54) is 38.2 Å². The molecule has 3 aromatic heterocycles. The topological polar surface area (TPSA) is 50.7 Å². The number of pyridine rings is 1. The van der Waals surface area contributed by atoms with Gasteiger partial charge in [0, 0.05) is 54.2 Å². The Balaban J connectivity index is 1.51. The van der Waals surface area contributed by atoms with Crippen LogP contribution in [0.2, 0.25) is 0 Å². The Morgan fingerprint density at radius 2 is 1.25 bits per heavy atom. The van der Waals surface area contributed by atoms with E-state index in [1.54, 1.807) is 22.7 Å². The van der Waals surface area contributed by atoms with Crippen LogP contribution in [0.5, 0.6) is 0 Å². The van der Waals surface area contributed by atoms with E-state index in [2.05, 4.69) is 87.1 Å². The van der Waals surface area contributed by atoms with Crippen LogP contribution in [0.1, 0.15) is 10.4 Å². The lowest BCUT2D eigenvalue weighted by atomic mass is 9.85. The van der Waals surface area contributed by atoms with Gasteiger partial charge in [-0.2, -0.15) is 0 Å². The molecule has 0 saturated heterocycles. The van der Waals surface area contributed by atoms with Crippen molar-refractivity contribution in [3.8, 4) is 21.6 Å². The number of hydrogen-bond acceptors (Lipinski definition) is 6. The Bertz CT molecular complexity index is 1720. The van der Waals surface area contributed by atoms with Crippen molar-refractivity contribution in [1.29, 1.82) is 0 Å². The fourth-order valence-electron chi connectivity index (χ4n) is 5.07. The van der Waals surface area contributed by atoms with Crippen molar-refractivity contribution in [2.24, 2.45) is 0 Å². The molecule has 7 rings (SSSR count). The zero-order valence-corrected chi connectivity index (χ0v) is 20.8. The first-order chi connectivity index (χ1) is 17.9. The zero-order chi connectivity index (χ0) is 23.9. The summed E-state index contributed by atoms with van der Waals surface area (Å²) in [5.74, 6) is 0. The molecule has 172 valence electrons. The molecule has 1 N–H and O–H groups in total. The van der Waals surface area contributed by atoms with E-state index in [1.807, 2.05) is 35.8 Å². The predicted molar refractivity (Wildman–Crippen MR) is 152 cm³/mol. The maximum Gasteiger partial charge on any atom is 0.0797 e. The number of fused-ring (bicyclic) bond motifs is 2. The fourth-order valence-corrected chi connectivity index (χ4v) is 6.28. The van der Waals surface area contributed by atoms with Crippen LogP contribution in [-0.2, 0) is 0 Å². The van der Waals surface area contributed by atoms with Crippen LogP contribution in [0, 0.1) is 0 Å². The Labute approximate surface area is 216 Å². The minimum absolute atomic E-state index is 0.776. The van der Waals surface area contributed by atoms with Crippen LogP contribution in [0.4, 0.5) is 0 Å². The average Bonchev–Trinajstić information content (AvgIpc) is 3.67. The van der Waals surface area contributed by atoms with Crippen LogP contribution in [0.3, 0.4) is 0 Å². The van der Waals surface area contributed by atoms with E-state index in [-0.39, 0.29) is 0 Å². The van der Waals surface area contributed by atoms with Crippen LogP contribution in [0.25, 0.3) is 54.3 Å². The molecule has 0 saturated carbocycles. The predicted octanol–water partition coefficient (Wildman–Crippen LogP) is 7.66. The smallest absolute Gasteiger partial charge is 0.0797 e. The molecule has 4 nitrogen and oxygen atoms in total. The van der Waals surface area contributed by atoms with Gasteiger partial charge in [-0.05, 0) is 50.4 Å². The van der Waals surface area contributed by atoms with E-state index in [4.69, 9.17) is 0 Å². The summed E-state index contributed by atoms with van der Waals surface area (Å²) in [6.07, 6.45) is 12.1. The maximum atomic E-state index is 4.63. The van der Waals surface area contributed by atoms with Crippen LogP contribution in [-0.4, -0.2) is 21.5 Å². The standard InChI is InChI=1S/C30H20N4S2/c1-2-6-24-23(5-1)29(21-9-19(11-31-13-21)27-15-33-17-35-27)25-7-3-4-8-26(25)30(24)22-10-20(12-32-14-22)28-16-34-18-36-28/h1-13,15-18,32H,14H2. The lowest BCUT2D eigenvalue weighted by molar-refractivity contribution is 0.993. The monoisotopic (exact) mass is 500 g/mol. The van der Waals surface area contributed by atoms with Crippen molar-refractivity contribution in [3.63, 3.8) is 0 Å². The third-order valence-electron chi connectivity index (χ3n) is 6.59. The third-order valence-corrected chi connectivity index (χ3v) is 8.24. The van der Waals surface area contributed by atoms with Gasteiger partial charge in [0.1, 0.15) is 0 Å². The highest BCUT2D eigenvalue weighted by atomic mass is 32.1. The molecule has 0 spiro atoms. The molecule has 0 unspecified atom stereocenters. The number of rotatable bonds is 4. The molecule has 0 atom stereocenters. The van der Waals surface area contributed by atoms with Crippen LogP contribution >= 0.6 is 22.7 Å². The number of thiazole rings is 2. The van der Waals surface area contributed by atoms with Gasteiger partial charge in [-0.15, -0.1) is 22.7 Å². The molecule has 3 aromatic carbocycles. The molecule has 0 radical (unpaired) electrons. The summed E-state index contributed by atoms with van der Waals surface area (Å²) in [4.78, 5) is 15.4. The molecule has 6 heteroatoms. The molecule has 1 aliphatic rings. The Morgan fingerprint density at radius 1 is 0.639 bits per heavy atom. The van der Waals surface area contributed by atoms with Crippen molar-refractivity contribution < 1.29 is 0 Å². The SMILES string of the molecule is C1=C(c2cncs2)C=C(c2c3ccccc3c(-c3cncc(-c4cncs4)c3)c3ccccc23)CN1. The Hall–Kier alpha value is -4.13. The Kier molecular flexibility index (Phi) is 5.19. The molecule has 0 amide bonds. The largest absolute Gasteiger partial charge is 0.386 e. The summed E-state index contributed by atoms with van der Waals surface area (Å²) in [6, 6.07) is 19.7. The first kappa shape index (κ1) is 21.2. The van der Waals surface area contributed by atoms with Crippen LogP contribution in [0.15, 0.2) is 103 Å². The van der Waals surface area contributed by atoms with Gasteiger partial charge < -0.3 is 5.32 Å². The summed E-state index contributed by atoms with van der Waals surface area (Å²) in [5.41, 5.74) is 10.9. The van der Waals surface area contributed by atoms with Crippen molar-refractivity contribution in [2.75, 3.05) is 6.54 Å². The van der Waals surface area contributed by atoms with Gasteiger partial charge >= 0.3 is 0 Å². The summed E-state index contributed by atoms with van der Waals surface area (Å²) in [7, 11) is 0. The molecule has 6 aromatic rings. The molecule has 0 fully saturated rings. The summed E-state index contributed by atoms with van der Waals surface area (Å²) in [6.45, 7) is 0.776. The van der Waals surface area contributed by atoms with E-state index in [9.17, 15) is 0 Å². The molecular formula is C30H20N4S2. The second-order valence-corrected chi connectivity index (χ2v) is 10.5. The number of nitrogens with zero attached hydrogens (tertiary/aromatic N) is 3. The Morgan fingerprint density at radius 3 is 1.89 bits per heavy atom. The quantitative estimate of drug-likeness (QED) is 0.252.